The zero-order chi connectivity index (χ0) is 15.3. The van der Waals surface area contributed by atoms with E-state index in [1.165, 1.54) is 0 Å². The Morgan fingerprint density at radius 2 is 1.67 bits per heavy atom. The van der Waals surface area contributed by atoms with Crippen molar-refractivity contribution in [2.24, 2.45) is 0 Å². The lowest BCUT2D eigenvalue weighted by Gasteiger charge is -2.08. The lowest BCUT2D eigenvalue weighted by atomic mass is 10.3. The molecule has 1 N–H and O–H groups in total. The molecule has 0 aliphatic heterocycles. The van der Waals surface area contributed by atoms with Crippen molar-refractivity contribution < 1.29 is 19.0 Å². The smallest absolute Gasteiger partial charge is 0.305 e. The average Bonchev–Trinajstić information content (AvgIpc) is 2.48. The summed E-state index contributed by atoms with van der Waals surface area (Å²) in [6, 6.07) is 7.58. The average molecular weight is 295 g/mol. The minimum atomic E-state index is -0.134. The summed E-state index contributed by atoms with van der Waals surface area (Å²) in [5.41, 5.74) is 0. The van der Waals surface area contributed by atoms with Crippen molar-refractivity contribution in [1.82, 2.24) is 5.32 Å². The first kappa shape index (κ1) is 17.3. The van der Waals surface area contributed by atoms with Gasteiger partial charge in [-0.2, -0.15) is 0 Å². The van der Waals surface area contributed by atoms with E-state index in [-0.39, 0.29) is 5.97 Å². The summed E-state index contributed by atoms with van der Waals surface area (Å²) in [6.07, 6.45) is 1.24. The van der Waals surface area contributed by atoms with Gasteiger partial charge < -0.3 is 19.5 Å². The van der Waals surface area contributed by atoms with Crippen molar-refractivity contribution in [3.8, 4) is 11.5 Å². The molecule has 0 amide bonds. The number of benzene rings is 1. The topological polar surface area (TPSA) is 56.8 Å². The first-order valence-electron chi connectivity index (χ1n) is 7.48. The maximum Gasteiger partial charge on any atom is 0.305 e. The molecule has 0 radical (unpaired) electrons. The van der Waals surface area contributed by atoms with Crippen LogP contribution in [-0.2, 0) is 9.53 Å². The lowest BCUT2D eigenvalue weighted by Crippen LogP contribution is -2.22. The van der Waals surface area contributed by atoms with Gasteiger partial charge in [-0.15, -0.1) is 0 Å². The predicted molar refractivity (Wildman–Crippen MR) is 81.8 cm³/mol. The monoisotopic (exact) mass is 295 g/mol. The number of carbonyl (C=O) groups excluding carboxylic acids is 1. The Balaban J connectivity index is 2.02. The number of rotatable bonds is 11. The van der Waals surface area contributed by atoms with E-state index < -0.39 is 0 Å². The SMILES string of the molecule is CCOC(=O)CCCNCCOc1ccc(OCC)cc1. The first-order chi connectivity index (χ1) is 10.3. The highest BCUT2D eigenvalue weighted by molar-refractivity contribution is 5.69. The lowest BCUT2D eigenvalue weighted by molar-refractivity contribution is -0.143. The molecule has 0 bridgehead atoms. The second-order valence-electron chi connectivity index (χ2n) is 4.41. The molecule has 0 unspecified atom stereocenters. The molecule has 118 valence electrons. The minimum Gasteiger partial charge on any atom is -0.494 e. The van der Waals surface area contributed by atoms with E-state index in [0.717, 1.165) is 31.0 Å². The number of esters is 1. The second-order valence-corrected chi connectivity index (χ2v) is 4.41. The highest BCUT2D eigenvalue weighted by Crippen LogP contribution is 2.17. The van der Waals surface area contributed by atoms with E-state index in [2.05, 4.69) is 5.32 Å². The van der Waals surface area contributed by atoms with Gasteiger partial charge in [0.2, 0.25) is 0 Å². The van der Waals surface area contributed by atoms with Crippen molar-refractivity contribution in [3.05, 3.63) is 24.3 Å². The Morgan fingerprint density at radius 3 is 2.29 bits per heavy atom. The summed E-state index contributed by atoms with van der Waals surface area (Å²) in [4.78, 5) is 11.1. The molecule has 0 aromatic heterocycles. The van der Waals surface area contributed by atoms with Gasteiger partial charge in [-0.1, -0.05) is 0 Å². The van der Waals surface area contributed by atoms with Crippen LogP contribution in [0, 0.1) is 0 Å². The van der Waals surface area contributed by atoms with Crippen molar-refractivity contribution in [3.63, 3.8) is 0 Å². The van der Waals surface area contributed by atoms with Crippen LogP contribution >= 0.6 is 0 Å². The van der Waals surface area contributed by atoms with Crippen LogP contribution < -0.4 is 14.8 Å². The van der Waals surface area contributed by atoms with Crippen LogP contribution in [0.5, 0.6) is 11.5 Å². The van der Waals surface area contributed by atoms with Crippen molar-refractivity contribution in [2.75, 3.05) is 32.9 Å². The zero-order valence-corrected chi connectivity index (χ0v) is 12.9. The summed E-state index contributed by atoms with van der Waals surface area (Å²) in [7, 11) is 0. The maximum atomic E-state index is 11.1. The van der Waals surface area contributed by atoms with Crippen LogP contribution in [0.4, 0.5) is 0 Å². The molecule has 0 atom stereocenters. The van der Waals surface area contributed by atoms with E-state index in [0.29, 0.717) is 26.2 Å². The number of nitrogens with one attached hydrogen (secondary N) is 1. The Labute approximate surface area is 126 Å². The molecular weight excluding hydrogens is 270 g/mol. The van der Waals surface area contributed by atoms with Gasteiger partial charge in [0.25, 0.3) is 0 Å². The van der Waals surface area contributed by atoms with Gasteiger partial charge in [0.15, 0.2) is 0 Å². The molecule has 5 heteroatoms. The summed E-state index contributed by atoms with van der Waals surface area (Å²) < 4.78 is 15.8. The maximum absolute atomic E-state index is 11.1. The molecule has 21 heavy (non-hydrogen) atoms. The number of ether oxygens (including phenoxy) is 3. The number of carbonyl (C=O) groups is 1. The number of hydrogen-bond acceptors (Lipinski definition) is 5. The normalized spacial score (nSPS) is 10.2. The molecule has 1 rings (SSSR count). The van der Waals surface area contributed by atoms with Crippen molar-refractivity contribution in [1.29, 1.82) is 0 Å². The Kier molecular flexibility index (Phi) is 9.04. The predicted octanol–water partition coefficient (Wildman–Crippen LogP) is 2.40. The van der Waals surface area contributed by atoms with Gasteiger partial charge >= 0.3 is 5.97 Å². The summed E-state index contributed by atoms with van der Waals surface area (Å²) in [5, 5.41) is 3.23. The summed E-state index contributed by atoms with van der Waals surface area (Å²) >= 11 is 0. The molecule has 0 aliphatic rings. The third kappa shape index (κ3) is 8.19. The minimum absolute atomic E-state index is 0.134. The fraction of sp³-hybridized carbons (Fsp3) is 0.562. The Bertz CT molecular complexity index is 392. The molecule has 0 spiro atoms. The first-order valence-corrected chi connectivity index (χ1v) is 7.48. The molecule has 0 saturated carbocycles. The molecule has 0 saturated heterocycles. The van der Waals surface area contributed by atoms with Gasteiger partial charge in [0, 0.05) is 13.0 Å². The molecule has 0 fully saturated rings. The van der Waals surface area contributed by atoms with Gasteiger partial charge in [-0.3, -0.25) is 4.79 Å². The zero-order valence-electron chi connectivity index (χ0n) is 12.9. The third-order valence-electron chi connectivity index (χ3n) is 2.72. The fourth-order valence-electron chi connectivity index (χ4n) is 1.76. The molecule has 1 aromatic carbocycles. The van der Waals surface area contributed by atoms with Crippen LogP contribution in [0.15, 0.2) is 24.3 Å². The Hall–Kier alpha value is -1.75. The van der Waals surface area contributed by atoms with Crippen molar-refractivity contribution in [2.45, 2.75) is 26.7 Å². The van der Waals surface area contributed by atoms with E-state index in [9.17, 15) is 4.79 Å². The summed E-state index contributed by atoms with van der Waals surface area (Å²) in [6.45, 7) is 7.00. The highest BCUT2D eigenvalue weighted by atomic mass is 16.5. The third-order valence-corrected chi connectivity index (χ3v) is 2.72. The van der Waals surface area contributed by atoms with Gasteiger partial charge in [-0.05, 0) is 51.1 Å². The van der Waals surface area contributed by atoms with Gasteiger partial charge in [0.1, 0.15) is 18.1 Å². The fourth-order valence-corrected chi connectivity index (χ4v) is 1.76. The second kappa shape index (κ2) is 11.0. The highest BCUT2D eigenvalue weighted by Gasteiger charge is 2.00. The van der Waals surface area contributed by atoms with Crippen molar-refractivity contribution >= 4 is 5.97 Å². The molecule has 1 aromatic rings. The number of hydrogen-bond donors (Lipinski definition) is 1. The van der Waals surface area contributed by atoms with Gasteiger partial charge in [-0.25, -0.2) is 0 Å². The van der Waals surface area contributed by atoms with E-state index in [1.807, 2.05) is 38.1 Å². The van der Waals surface area contributed by atoms with Crippen LogP contribution in [0.25, 0.3) is 0 Å². The van der Waals surface area contributed by atoms with Gasteiger partial charge in [0.05, 0.1) is 13.2 Å². The van der Waals surface area contributed by atoms with E-state index >= 15 is 0 Å². The van der Waals surface area contributed by atoms with E-state index in [4.69, 9.17) is 14.2 Å². The molecule has 5 nitrogen and oxygen atoms in total. The standard InChI is InChI=1S/C16H25NO4/c1-3-19-14-7-9-15(10-8-14)21-13-12-17-11-5-6-16(18)20-4-2/h7-10,17H,3-6,11-13H2,1-2H3. The Morgan fingerprint density at radius 1 is 1.00 bits per heavy atom. The van der Waals surface area contributed by atoms with Crippen LogP contribution in [0.1, 0.15) is 26.7 Å². The summed E-state index contributed by atoms with van der Waals surface area (Å²) in [5.74, 6) is 1.54. The molecule has 0 aliphatic carbocycles. The molecule has 0 heterocycles. The van der Waals surface area contributed by atoms with Crippen LogP contribution in [0.3, 0.4) is 0 Å². The molecular formula is C16H25NO4. The largest absolute Gasteiger partial charge is 0.494 e. The van der Waals surface area contributed by atoms with Crippen LogP contribution in [0.2, 0.25) is 0 Å². The quantitative estimate of drug-likeness (QED) is 0.502. The van der Waals surface area contributed by atoms with E-state index in [1.54, 1.807) is 0 Å². The van der Waals surface area contributed by atoms with Crippen LogP contribution in [-0.4, -0.2) is 38.9 Å².